The van der Waals surface area contributed by atoms with Crippen molar-refractivity contribution >= 4 is 17.1 Å². The van der Waals surface area contributed by atoms with Gasteiger partial charge in [-0.1, -0.05) is 12.1 Å². The second kappa shape index (κ2) is 12.5. The SMILES string of the molecule is CC[S+]([O-])c1ccc(-c2cc(COc3ccc(OCC(=O)O)c(C)c3)cc(-c3ccc(OC)cc3)c2)cc1. The van der Waals surface area contributed by atoms with Crippen LogP contribution in [0, 0.1) is 6.92 Å². The van der Waals surface area contributed by atoms with E-state index in [1.54, 1.807) is 19.2 Å². The molecule has 196 valence electrons. The first kappa shape index (κ1) is 27.1. The zero-order chi connectivity index (χ0) is 27.1. The van der Waals surface area contributed by atoms with E-state index in [0.717, 1.165) is 44.0 Å². The van der Waals surface area contributed by atoms with Gasteiger partial charge in [-0.2, -0.15) is 0 Å². The largest absolute Gasteiger partial charge is 0.611 e. The maximum atomic E-state index is 12.2. The molecule has 4 rings (SSSR count). The Labute approximate surface area is 226 Å². The molecule has 1 unspecified atom stereocenters. The van der Waals surface area contributed by atoms with E-state index in [2.05, 4.69) is 18.2 Å². The van der Waals surface area contributed by atoms with Crippen LogP contribution in [-0.4, -0.2) is 35.1 Å². The quantitative estimate of drug-likeness (QED) is 0.223. The second-order valence-electron chi connectivity index (χ2n) is 8.70. The molecule has 0 amide bonds. The molecule has 1 N–H and O–H groups in total. The highest BCUT2D eigenvalue weighted by Gasteiger charge is 2.11. The van der Waals surface area contributed by atoms with Crippen molar-refractivity contribution in [3.63, 3.8) is 0 Å². The number of carboxylic acid groups (broad SMARTS) is 1. The Morgan fingerprint density at radius 3 is 1.97 bits per heavy atom. The molecule has 7 heteroatoms. The smallest absolute Gasteiger partial charge is 0.341 e. The molecule has 0 aliphatic heterocycles. The van der Waals surface area contributed by atoms with Gasteiger partial charge in [-0.3, -0.25) is 0 Å². The molecule has 0 aliphatic rings. The van der Waals surface area contributed by atoms with E-state index >= 15 is 0 Å². The van der Waals surface area contributed by atoms with E-state index < -0.39 is 23.8 Å². The lowest BCUT2D eigenvalue weighted by molar-refractivity contribution is -0.139. The van der Waals surface area contributed by atoms with E-state index in [1.165, 1.54) is 0 Å². The van der Waals surface area contributed by atoms with Crippen LogP contribution in [0.5, 0.6) is 17.2 Å². The van der Waals surface area contributed by atoms with Crippen LogP contribution in [0.15, 0.2) is 89.8 Å². The molecule has 0 spiro atoms. The number of aryl methyl sites for hydroxylation is 1. The Hall–Kier alpha value is -3.94. The molecule has 4 aromatic rings. The van der Waals surface area contributed by atoms with Crippen LogP contribution in [0.1, 0.15) is 18.1 Å². The summed E-state index contributed by atoms with van der Waals surface area (Å²) >= 11 is -0.999. The van der Waals surface area contributed by atoms with Gasteiger partial charge in [0.1, 0.15) is 29.6 Å². The maximum absolute atomic E-state index is 12.2. The van der Waals surface area contributed by atoms with Crippen molar-refractivity contribution in [1.29, 1.82) is 0 Å². The monoisotopic (exact) mass is 530 g/mol. The third-order valence-electron chi connectivity index (χ3n) is 6.03. The van der Waals surface area contributed by atoms with Crippen LogP contribution in [-0.2, 0) is 22.6 Å². The number of hydrogen-bond donors (Lipinski definition) is 1. The summed E-state index contributed by atoms with van der Waals surface area (Å²) in [6.07, 6.45) is 0. The molecular formula is C31H30O6S. The molecule has 6 nitrogen and oxygen atoms in total. The summed E-state index contributed by atoms with van der Waals surface area (Å²) in [7, 11) is 1.65. The standard InChI is InChI=1S/C31H30O6S/c1-4-38(34)29-12-7-24(8-13-29)26-17-22(16-25(18-26)23-5-9-27(35-3)10-6-23)19-36-28-11-14-30(21(2)15-28)37-20-31(32)33/h5-18H,4,19-20H2,1-3H3,(H,32,33). The summed E-state index contributed by atoms with van der Waals surface area (Å²) in [6.45, 7) is 3.70. The predicted octanol–water partition coefficient (Wildman–Crippen LogP) is 6.51. The Balaban J connectivity index is 1.62. The summed E-state index contributed by atoms with van der Waals surface area (Å²) < 4.78 is 28.9. The summed E-state index contributed by atoms with van der Waals surface area (Å²) in [6, 6.07) is 27.4. The topological polar surface area (TPSA) is 88.0 Å². The number of carboxylic acids is 1. The van der Waals surface area contributed by atoms with E-state index in [-0.39, 0.29) is 0 Å². The van der Waals surface area contributed by atoms with E-state index in [4.69, 9.17) is 19.3 Å². The number of carbonyl (C=O) groups is 1. The average molecular weight is 531 g/mol. The fourth-order valence-corrected chi connectivity index (χ4v) is 4.81. The van der Waals surface area contributed by atoms with Gasteiger partial charge in [0.2, 0.25) is 0 Å². The lowest BCUT2D eigenvalue weighted by atomic mass is 9.96. The van der Waals surface area contributed by atoms with Crippen LogP contribution in [0.3, 0.4) is 0 Å². The van der Waals surface area contributed by atoms with Crippen LogP contribution >= 0.6 is 0 Å². The average Bonchev–Trinajstić information content (AvgIpc) is 2.95. The van der Waals surface area contributed by atoms with E-state index in [1.807, 2.05) is 68.4 Å². The van der Waals surface area contributed by atoms with Gasteiger partial charge in [0.05, 0.1) is 7.11 Å². The van der Waals surface area contributed by atoms with Crippen molar-refractivity contribution in [2.75, 3.05) is 19.5 Å². The molecule has 0 saturated heterocycles. The second-order valence-corrected chi connectivity index (χ2v) is 10.4. The molecule has 0 radical (unpaired) electrons. The first-order chi connectivity index (χ1) is 18.4. The molecule has 1 atom stereocenters. The number of ether oxygens (including phenoxy) is 3. The third kappa shape index (κ3) is 6.88. The number of hydrogen-bond acceptors (Lipinski definition) is 5. The number of aliphatic carboxylic acids is 1. The number of rotatable bonds is 11. The first-order valence-electron chi connectivity index (χ1n) is 12.2. The highest BCUT2D eigenvalue weighted by molar-refractivity contribution is 7.91. The Bertz CT molecular complexity index is 1380. The Morgan fingerprint density at radius 1 is 0.816 bits per heavy atom. The highest BCUT2D eigenvalue weighted by Crippen LogP contribution is 2.31. The number of methoxy groups -OCH3 is 1. The molecule has 0 saturated carbocycles. The van der Waals surface area contributed by atoms with Gasteiger partial charge in [0.25, 0.3) is 0 Å². The Morgan fingerprint density at radius 2 is 1.42 bits per heavy atom. The lowest BCUT2D eigenvalue weighted by Gasteiger charge is -2.14. The van der Waals surface area contributed by atoms with E-state index in [0.29, 0.717) is 23.9 Å². The molecule has 38 heavy (non-hydrogen) atoms. The van der Waals surface area contributed by atoms with Gasteiger partial charge in [0, 0.05) is 0 Å². The van der Waals surface area contributed by atoms with Crippen LogP contribution < -0.4 is 14.2 Å². The van der Waals surface area contributed by atoms with Gasteiger partial charge in [-0.25, -0.2) is 4.79 Å². The molecule has 0 bridgehead atoms. The zero-order valence-electron chi connectivity index (χ0n) is 21.6. The molecule has 0 aliphatic carbocycles. The molecule has 4 aromatic carbocycles. The third-order valence-corrected chi connectivity index (χ3v) is 7.35. The normalized spacial score (nSPS) is 11.6. The van der Waals surface area contributed by atoms with Crippen molar-refractivity contribution in [2.24, 2.45) is 0 Å². The van der Waals surface area contributed by atoms with Gasteiger partial charge in [-0.15, -0.1) is 0 Å². The number of benzene rings is 4. The van der Waals surface area contributed by atoms with Gasteiger partial charge < -0.3 is 23.9 Å². The molecule has 0 fully saturated rings. The Kier molecular flexibility index (Phi) is 8.94. The summed E-state index contributed by atoms with van der Waals surface area (Å²) in [4.78, 5) is 11.6. The summed E-state index contributed by atoms with van der Waals surface area (Å²) in [5.74, 6) is 1.52. The van der Waals surface area contributed by atoms with Crippen LogP contribution in [0.2, 0.25) is 0 Å². The van der Waals surface area contributed by atoms with Gasteiger partial charge in [-0.05, 0) is 131 Å². The minimum Gasteiger partial charge on any atom is -0.611 e. The fraction of sp³-hybridized carbons (Fsp3) is 0.194. The molecular weight excluding hydrogens is 500 g/mol. The molecule has 0 heterocycles. The van der Waals surface area contributed by atoms with E-state index in [9.17, 15) is 9.35 Å². The first-order valence-corrected chi connectivity index (χ1v) is 13.5. The summed E-state index contributed by atoms with van der Waals surface area (Å²) in [5, 5.41) is 8.85. The molecule has 0 aromatic heterocycles. The fourth-order valence-electron chi connectivity index (χ4n) is 4.04. The van der Waals surface area contributed by atoms with Crippen molar-refractivity contribution in [1.82, 2.24) is 0 Å². The van der Waals surface area contributed by atoms with Gasteiger partial charge in [0.15, 0.2) is 11.5 Å². The van der Waals surface area contributed by atoms with Crippen LogP contribution in [0.25, 0.3) is 22.3 Å². The lowest BCUT2D eigenvalue weighted by Crippen LogP contribution is -2.10. The zero-order valence-corrected chi connectivity index (χ0v) is 22.4. The minimum absolute atomic E-state index is 0.337. The maximum Gasteiger partial charge on any atom is 0.341 e. The highest BCUT2D eigenvalue weighted by atomic mass is 32.2. The summed E-state index contributed by atoms with van der Waals surface area (Å²) in [5.41, 5.74) is 5.92. The van der Waals surface area contributed by atoms with Crippen molar-refractivity contribution in [3.8, 4) is 39.5 Å². The van der Waals surface area contributed by atoms with Crippen molar-refractivity contribution < 1.29 is 28.7 Å². The predicted molar refractivity (Wildman–Crippen MR) is 149 cm³/mol. The van der Waals surface area contributed by atoms with Gasteiger partial charge >= 0.3 is 5.97 Å². The minimum atomic E-state index is -1.02. The van der Waals surface area contributed by atoms with Crippen LogP contribution in [0.4, 0.5) is 0 Å². The van der Waals surface area contributed by atoms with Crippen molar-refractivity contribution in [3.05, 3.63) is 96.1 Å². The van der Waals surface area contributed by atoms with Crippen molar-refractivity contribution in [2.45, 2.75) is 25.3 Å².